The molecule has 1 fully saturated rings. The quantitative estimate of drug-likeness (QED) is 0.546. The standard InChI is InChI=1S/C9H16O/c1-4-7-5-8(10)6-9(7,2)3/h7H,4-6H2,1-3H3/t7-/m0/s1. The molecule has 10 heavy (non-hydrogen) atoms. The van der Waals surface area contributed by atoms with Crippen molar-refractivity contribution in [3.05, 3.63) is 0 Å². The summed E-state index contributed by atoms with van der Waals surface area (Å²) in [5.74, 6) is 1.09. The Morgan fingerprint density at radius 3 is 2.40 bits per heavy atom. The maximum Gasteiger partial charge on any atom is 0.133 e. The Morgan fingerprint density at radius 2 is 2.20 bits per heavy atom. The van der Waals surface area contributed by atoms with Crippen LogP contribution in [-0.4, -0.2) is 5.78 Å². The maximum atomic E-state index is 11.0. The van der Waals surface area contributed by atoms with Crippen LogP contribution in [-0.2, 0) is 4.79 Å². The minimum absolute atomic E-state index is 0.284. The van der Waals surface area contributed by atoms with Gasteiger partial charge in [0.05, 0.1) is 0 Å². The van der Waals surface area contributed by atoms with E-state index in [4.69, 9.17) is 0 Å². The molecule has 0 amide bonds. The van der Waals surface area contributed by atoms with E-state index in [2.05, 4.69) is 20.8 Å². The van der Waals surface area contributed by atoms with Crippen molar-refractivity contribution in [2.24, 2.45) is 11.3 Å². The summed E-state index contributed by atoms with van der Waals surface area (Å²) < 4.78 is 0. The van der Waals surface area contributed by atoms with E-state index in [1.165, 1.54) is 0 Å². The van der Waals surface area contributed by atoms with Gasteiger partial charge in [-0.1, -0.05) is 27.2 Å². The van der Waals surface area contributed by atoms with Crippen LogP contribution in [0.2, 0.25) is 0 Å². The molecule has 0 aromatic heterocycles. The van der Waals surface area contributed by atoms with Gasteiger partial charge in [-0.25, -0.2) is 0 Å². The lowest BCUT2D eigenvalue weighted by Crippen LogP contribution is -2.15. The third kappa shape index (κ3) is 1.23. The van der Waals surface area contributed by atoms with Crippen LogP contribution < -0.4 is 0 Å². The molecule has 1 nitrogen and oxygen atoms in total. The molecule has 1 atom stereocenters. The van der Waals surface area contributed by atoms with Crippen LogP contribution >= 0.6 is 0 Å². The number of carbonyl (C=O) groups excluding carboxylic acids is 1. The number of hydrogen-bond donors (Lipinski definition) is 0. The Labute approximate surface area is 62.8 Å². The molecule has 0 spiro atoms. The summed E-state index contributed by atoms with van der Waals surface area (Å²) in [7, 11) is 0. The van der Waals surface area contributed by atoms with Gasteiger partial charge in [-0.2, -0.15) is 0 Å². The molecule has 0 heterocycles. The lowest BCUT2D eigenvalue weighted by atomic mass is 9.80. The van der Waals surface area contributed by atoms with E-state index in [9.17, 15) is 4.79 Å². The van der Waals surface area contributed by atoms with Crippen LogP contribution in [0.5, 0.6) is 0 Å². The SMILES string of the molecule is CC[C@H]1CC(=O)CC1(C)C. The van der Waals surface area contributed by atoms with Gasteiger partial charge in [-0.05, 0) is 11.3 Å². The highest BCUT2D eigenvalue weighted by molar-refractivity contribution is 5.81. The van der Waals surface area contributed by atoms with Crippen LogP contribution in [0.3, 0.4) is 0 Å². The van der Waals surface area contributed by atoms with Crippen molar-refractivity contribution in [2.45, 2.75) is 40.0 Å². The van der Waals surface area contributed by atoms with Crippen molar-refractivity contribution in [3.63, 3.8) is 0 Å². The van der Waals surface area contributed by atoms with E-state index in [1.54, 1.807) is 0 Å². The largest absolute Gasteiger partial charge is 0.300 e. The molecule has 1 heteroatoms. The second-order valence-electron chi connectivity index (χ2n) is 4.01. The first-order valence-electron chi connectivity index (χ1n) is 4.08. The van der Waals surface area contributed by atoms with Gasteiger partial charge in [0.2, 0.25) is 0 Å². The van der Waals surface area contributed by atoms with Crippen LogP contribution in [0, 0.1) is 11.3 Å². The second-order valence-corrected chi connectivity index (χ2v) is 4.01. The molecule has 0 aliphatic heterocycles. The molecule has 1 aliphatic rings. The predicted molar refractivity (Wildman–Crippen MR) is 41.8 cm³/mol. The fraction of sp³-hybridized carbons (Fsp3) is 0.889. The normalized spacial score (nSPS) is 31.1. The molecule has 0 aromatic carbocycles. The molecule has 1 rings (SSSR count). The van der Waals surface area contributed by atoms with Gasteiger partial charge in [0.1, 0.15) is 5.78 Å². The van der Waals surface area contributed by atoms with Crippen molar-refractivity contribution >= 4 is 5.78 Å². The van der Waals surface area contributed by atoms with Crippen LogP contribution in [0.1, 0.15) is 40.0 Å². The fourth-order valence-corrected chi connectivity index (χ4v) is 1.97. The second kappa shape index (κ2) is 2.37. The zero-order valence-corrected chi connectivity index (χ0v) is 7.11. The average molecular weight is 140 g/mol. The van der Waals surface area contributed by atoms with Crippen molar-refractivity contribution in [1.29, 1.82) is 0 Å². The molecular formula is C9H16O. The summed E-state index contributed by atoms with van der Waals surface area (Å²) in [5, 5.41) is 0. The van der Waals surface area contributed by atoms with Gasteiger partial charge in [0.25, 0.3) is 0 Å². The Kier molecular flexibility index (Phi) is 1.84. The Hall–Kier alpha value is -0.330. The van der Waals surface area contributed by atoms with Gasteiger partial charge in [0, 0.05) is 12.8 Å². The molecule has 0 unspecified atom stereocenters. The molecule has 0 bridgehead atoms. The summed E-state index contributed by atoms with van der Waals surface area (Å²) in [6, 6.07) is 0. The molecule has 0 aromatic rings. The van der Waals surface area contributed by atoms with Crippen LogP contribution in [0.25, 0.3) is 0 Å². The van der Waals surface area contributed by atoms with Crippen molar-refractivity contribution in [3.8, 4) is 0 Å². The first-order valence-corrected chi connectivity index (χ1v) is 4.08. The third-order valence-corrected chi connectivity index (χ3v) is 2.72. The van der Waals surface area contributed by atoms with Gasteiger partial charge >= 0.3 is 0 Å². The summed E-state index contributed by atoms with van der Waals surface area (Å²) >= 11 is 0. The van der Waals surface area contributed by atoms with E-state index < -0.39 is 0 Å². The molecule has 1 saturated carbocycles. The van der Waals surface area contributed by atoms with Gasteiger partial charge < -0.3 is 0 Å². The van der Waals surface area contributed by atoms with Crippen LogP contribution in [0.15, 0.2) is 0 Å². The Bertz CT molecular complexity index is 147. The third-order valence-electron chi connectivity index (χ3n) is 2.72. The molecule has 0 radical (unpaired) electrons. The highest BCUT2D eigenvalue weighted by atomic mass is 16.1. The Morgan fingerprint density at radius 1 is 1.60 bits per heavy atom. The molecular weight excluding hydrogens is 124 g/mol. The van der Waals surface area contributed by atoms with E-state index in [0.29, 0.717) is 11.7 Å². The van der Waals surface area contributed by atoms with Crippen molar-refractivity contribution in [1.82, 2.24) is 0 Å². The monoisotopic (exact) mass is 140 g/mol. The van der Waals surface area contributed by atoms with E-state index >= 15 is 0 Å². The van der Waals surface area contributed by atoms with E-state index in [-0.39, 0.29) is 5.41 Å². The maximum absolute atomic E-state index is 11.0. The van der Waals surface area contributed by atoms with Crippen LogP contribution in [0.4, 0.5) is 0 Å². The highest BCUT2D eigenvalue weighted by Crippen LogP contribution is 2.42. The average Bonchev–Trinajstić information content (AvgIpc) is 2.04. The lowest BCUT2D eigenvalue weighted by molar-refractivity contribution is -0.117. The minimum Gasteiger partial charge on any atom is -0.300 e. The molecule has 0 N–H and O–H groups in total. The first kappa shape index (κ1) is 7.77. The van der Waals surface area contributed by atoms with Gasteiger partial charge in [0.15, 0.2) is 0 Å². The van der Waals surface area contributed by atoms with E-state index in [1.807, 2.05) is 0 Å². The first-order chi connectivity index (χ1) is 4.56. The Balaban J connectivity index is 2.67. The number of rotatable bonds is 1. The van der Waals surface area contributed by atoms with E-state index in [0.717, 1.165) is 19.3 Å². The predicted octanol–water partition coefficient (Wildman–Crippen LogP) is 2.40. The van der Waals surface area contributed by atoms with Crippen molar-refractivity contribution in [2.75, 3.05) is 0 Å². The molecule has 58 valence electrons. The topological polar surface area (TPSA) is 17.1 Å². The highest BCUT2D eigenvalue weighted by Gasteiger charge is 2.37. The molecule has 0 saturated heterocycles. The number of carbonyl (C=O) groups is 1. The van der Waals surface area contributed by atoms with Crippen molar-refractivity contribution < 1.29 is 4.79 Å². The van der Waals surface area contributed by atoms with Gasteiger partial charge in [-0.3, -0.25) is 4.79 Å². The zero-order valence-electron chi connectivity index (χ0n) is 7.11. The zero-order chi connectivity index (χ0) is 7.78. The summed E-state index contributed by atoms with van der Waals surface area (Å²) in [5.41, 5.74) is 0.284. The number of ketones is 1. The molecule has 1 aliphatic carbocycles. The summed E-state index contributed by atoms with van der Waals surface area (Å²) in [4.78, 5) is 11.0. The summed E-state index contributed by atoms with van der Waals surface area (Å²) in [6.45, 7) is 6.57. The number of hydrogen-bond acceptors (Lipinski definition) is 1. The van der Waals surface area contributed by atoms with Gasteiger partial charge in [-0.15, -0.1) is 0 Å². The smallest absolute Gasteiger partial charge is 0.133 e. The minimum atomic E-state index is 0.284. The summed E-state index contributed by atoms with van der Waals surface area (Å²) in [6.07, 6.45) is 2.77. The lowest BCUT2D eigenvalue weighted by Gasteiger charge is -2.24. The fourth-order valence-electron chi connectivity index (χ4n) is 1.97. The number of Topliss-reactive ketones (excluding diaryl/α,β-unsaturated/α-hetero) is 1.